The van der Waals surface area contributed by atoms with Gasteiger partial charge >= 0.3 is 5.97 Å². The number of thiazole rings is 1. The SMILES string of the molecule is C=CCNc1nc(C(=O)OCC(=O)Nc2ccc(OC)cc2)cs1. The number of hydrogen-bond donors (Lipinski definition) is 2. The number of rotatable bonds is 8. The fourth-order valence-corrected chi connectivity index (χ4v) is 2.37. The van der Waals surface area contributed by atoms with Crippen molar-refractivity contribution in [3.8, 4) is 5.75 Å². The van der Waals surface area contributed by atoms with E-state index in [0.717, 1.165) is 0 Å². The minimum absolute atomic E-state index is 0.156. The Morgan fingerprint density at radius 2 is 2.08 bits per heavy atom. The summed E-state index contributed by atoms with van der Waals surface area (Å²) >= 11 is 1.27. The number of amides is 1. The van der Waals surface area contributed by atoms with Gasteiger partial charge in [-0.15, -0.1) is 17.9 Å². The molecule has 2 N–H and O–H groups in total. The molecule has 0 aliphatic carbocycles. The second kappa shape index (κ2) is 8.68. The van der Waals surface area contributed by atoms with Crippen molar-refractivity contribution in [3.63, 3.8) is 0 Å². The quantitative estimate of drug-likeness (QED) is 0.563. The number of esters is 1. The number of anilines is 2. The molecule has 1 heterocycles. The van der Waals surface area contributed by atoms with E-state index in [1.807, 2.05) is 0 Å². The zero-order chi connectivity index (χ0) is 17.4. The molecule has 0 aliphatic heterocycles. The summed E-state index contributed by atoms with van der Waals surface area (Å²) in [6, 6.07) is 6.82. The molecule has 8 heteroatoms. The third-order valence-corrected chi connectivity index (χ3v) is 3.62. The molecule has 0 spiro atoms. The molecule has 7 nitrogen and oxygen atoms in total. The van der Waals surface area contributed by atoms with Crippen molar-refractivity contribution in [2.45, 2.75) is 0 Å². The van der Waals surface area contributed by atoms with Gasteiger partial charge in [-0.25, -0.2) is 9.78 Å². The Hall–Kier alpha value is -2.87. The molecule has 24 heavy (non-hydrogen) atoms. The van der Waals surface area contributed by atoms with Crippen LogP contribution in [-0.4, -0.2) is 37.1 Å². The van der Waals surface area contributed by atoms with Gasteiger partial charge in [0.25, 0.3) is 5.91 Å². The third kappa shape index (κ3) is 5.10. The molecule has 1 amide bonds. The summed E-state index contributed by atoms with van der Waals surface area (Å²) in [4.78, 5) is 27.7. The maximum Gasteiger partial charge on any atom is 0.358 e. The Labute approximate surface area is 143 Å². The van der Waals surface area contributed by atoms with Crippen molar-refractivity contribution in [2.75, 3.05) is 30.9 Å². The molecule has 0 atom stereocenters. The first-order valence-corrected chi connectivity index (χ1v) is 7.91. The highest BCUT2D eigenvalue weighted by Crippen LogP contribution is 2.16. The fraction of sp³-hybridized carbons (Fsp3) is 0.188. The topological polar surface area (TPSA) is 89.5 Å². The highest BCUT2D eigenvalue weighted by molar-refractivity contribution is 7.13. The number of carbonyl (C=O) groups is 2. The van der Waals surface area contributed by atoms with Gasteiger partial charge in [-0.2, -0.15) is 0 Å². The second-order valence-electron chi connectivity index (χ2n) is 4.56. The molecular weight excluding hydrogens is 330 g/mol. The first-order chi connectivity index (χ1) is 11.6. The van der Waals surface area contributed by atoms with Crippen LogP contribution in [0, 0.1) is 0 Å². The van der Waals surface area contributed by atoms with Gasteiger partial charge in [-0.05, 0) is 24.3 Å². The van der Waals surface area contributed by atoms with Crippen molar-refractivity contribution in [3.05, 3.63) is 48.0 Å². The Kier molecular flexibility index (Phi) is 6.32. The van der Waals surface area contributed by atoms with Crippen molar-refractivity contribution >= 4 is 34.0 Å². The van der Waals surface area contributed by atoms with Gasteiger partial charge in [0.05, 0.1) is 7.11 Å². The van der Waals surface area contributed by atoms with E-state index in [1.54, 1.807) is 42.8 Å². The number of ether oxygens (including phenoxy) is 2. The van der Waals surface area contributed by atoms with Gasteiger partial charge in [0.2, 0.25) is 0 Å². The maximum absolute atomic E-state index is 11.8. The summed E-state index contributed by atoms with van der Waals surface area (Å²) < 4.78 is 9.98. The van der Waals surface area contributed by atoms with E-state index in [4.69, 9.17) is 9.47 Å². The van der Waals surface area contributed by atoms with Gasteiger partial charge in [0, 0.05) is 17.6 Å². The van der Waals surface area contributed by atoms with Crippen molar-refractivity contribution in [1.82, 2.24) is 4.98 Å². The minimum Gasteiger partial charge on any atom is -0.497 e. The predicted octanol–water partition coefficient (Wildman–Crippen LogP) is 2.55. The standard InChI is InChI=1S/C16H17N3O4S/c1-3-8-17-16-19-13(10-24-16)15(21)23-9-14(20)18-11-4-6-12(22-2)7-5-11/h3-7,10H,1,8-9H2,2H3,(H,17,19)(H,18,20). The summed E-state index contributed by atoms with van der Waals surface area (Å²) in [6.45, 7) is 3.74. The zero-order valence-corrected chi connectivity index (χ0v) is 13.9. The first-order valence-electron chi connectivity index (χ1n) is 7.03. The summed E-state index contributed by atoms with van der Waals surface area (Å²) in [5.41, 5.74) is 0.741. The number of hydrogen-bond acceptors (Lipinski definition) is 7. The van der Waals surface area contributed by atoms with Crippen LogP contribution < -0.4 is 15.4 Å². The lowest BCUT2D eigenvalue weighted by molar-refractivity contribution is -0.119. The molecule has 0 aliphatic rings. The number of aromatic nitrogens is 1. The van der Waals surface area contributed by atoms with E-state index in [0.29, 0.717) is 23.1 Å². The lowest BCUT2D eigenvalue weighted by atomic mass is 10.3. The number of nitrogens with zero attached hydrogens (tertiary/aromatic N) is 1. The van der Waals surface area contributed by atoms with Crippen LogP contribution in [0.3, 0.4) is 0 Å². The molecule has 2 rings (SSSR count). The fourth-order valence-electron chi connectivity index (χ4n) is 1.68. The van der Waals surface area contributed by atoms with Gasteiger partial charge in [-0.1, -0.05) is 6.08 Å². The largest absolute Gasteiger partial charge is 0.497 e. The van der Waals surface area contributed by atoms with E-state index in [9.17, 15) is 9.59 Å². The van der Waals surface area contributed by atoms with Crippen LogP contribution in [0.5, 0.6) is 5.75 Å². The van der Waals surface area contributed by atoms with Gasteiger partial charge in [0.1, 0.15) is 5.75 Å². The monoisotopic (exact) mass is 347 g/mol. The highest BCUT2D eigenvalue weighted by Gasteiger charge is 2.14. The van der Waals surface area contributed by atoms with Crippen LogP contribution in [0.1, 0.15) is 10.5 Å². The van der Waals surface area contributed by atoms with Gasteiger partial charge < -0.3 is 20.1 Å². The van der Waals surface area contributed by atoms with E-state index in [1.165, 1.54) is 11.3 Å². The third-order valence-electron chi connectivity index (χ3n) is 2.82. The summed E-state index contributed by atoms with van der Waals surface area (Å²) in [5.74, 6) is -0.402. The summed E-state index contributed by atoms with van der Waals surface area (Å²) in [6.07, 6.45) is 1.68. The molecule has 0 fully saturated rings. The molecular formula is C16H17N3O4S. The number of nitrogens with one attached hydrogen (secondary N) is 2. The van der Waals surface area contributed by atoms with Crippen LogP contribution in [-0.2, 0) is 9.53 Å². The molecule has 0 saturated heterocycles. The van der Waals surface area contributed by atoms with E-state index < -0.39 is 18.5 Å². The van der Waals surface area contributed by atoms with Crippen LogP contribution >= 0.6 is 11.3 Å². The number of benzene rings is 1. The lowest BCUT2D eigenvalue weighted by Gasteiger charge is -2.06. The summed E-state index contributed by atoms with van der Waals surface area (Å²) in [7, 11) is 1.56. The molecule has 0 saturated carbocycles. The predicted molar refractivity (Wildman–Crippen MR) is 92.7 cm³/mol. The van der Waals surface area contributed by atoms with Gasteiger partial charge in [-0.3, -0.25) is 4.79 Å². The van der Waals surface area contributed by atoms with E-state index in [-0.39, 0.29) is 5.69 Å². The molecule has 1 aromatic carbocycles. The minimum atomic E-state index is -0.650. The molecule has 126 valence electrons. The van der Waals surface area contributed by atoms with Crippen LogP contribution in [0.15, 0.2) is 42.3 Å². The smallest absolute Gasteiger partial charge is 0.358 e. The molecule has 1 aromatic heterocycles. The Balaban J connectivity index is 1.80. The van der Waals surface area contributed by atoms with Crippen molar-refractivity contribution in [2.24, 2.45) is 0 Å². The first kappa shape index (κ1) is 17.5. The van der Waals surface area contributed by atoms with Crippen molar-refractivity contribution < 1.29 is 19.1 Å². The average molecular weight is 347 g/mol. The number of carbonyl (C=O) groups excluding carboxylic acids is 2. The molecule has 0 unspecified atom stereocenters. The van der Waals surface area contributed by atoms with Crippen LogP contribution in [0.25, 0.3) is 0 Å². The van der Waals surface area contributed by atoms with E-state index >= 15 is 0 Å². The van der Waals surface area contributed by atoms with Gasteiger partial charge in [0.15, 0.2) is 17.4 Å². The average Bonchev–Trinajstić information content (AvgIpc) is 3.07. The zero-order valence-electron chi connectivity index (χ0n) is 13.1. The maximum atomic E-state index is 11.8. The molecule has 2 aromatic rings. The normalized spacial score (nSPS) is 9.88. The number of methoxy groups -OCH3 is 1. The Morgan fingerprint density at radius 1 is 1.33 bits per heavy atom. The molecule has 0 radical (unpaired) electrons. The van der Waals surface area contributed by atoms with Crippen molar-refractivity contribution in [1.29, 1.82) is 0 Å². The van der Waals surface area contributed by atoms with Crippen LogP contribution in [0.4, 0.5) is 10.8 Å². The Morgan fingerprint density at radius 3 is 2.75 bits per heavy atom. The molecule has 0 bridgehead atoms. The second-order valence-corrected chi connectivity index (χ2v) is 5.42. The van der Waals surface area contributed by atoms with E-state index in [2.05, 4.69) is 22.2 Å². The highest BCUT2D eigenvalue weighted by atomic mass is 32.1. The summed E-state index contributed by atoms with van der Waals surface area (Å²) in [5, 5.41) is 7.74. The van der Waals surface area contributed by atoms with Crippen LogP contribution in [0.2, 0.25) is 0 Å². The lowest BCUT2D eigenvalue weighted by Crippen LogP contribution is -2.21. The Bertz CT molecular complexity index is 712.